The molecule has 0 saturated carbocycles. The molecule has 1 amide bonds. The van der Waals surface area contributed by atoms with Gasteiger partial charge in [-0.3, -0.25) is 9.69 Å². The molecule has 3 rings (SSSR count). The van der Waals surface area contributed by atoms with E-state index < -0.39 is 9.84 Å². The number of benzene rings is 2. The standard InChI is InChI=1S/C22H28N2O3S/c1-4-23-14-18(3)24(15-17(23)2)22(25)20-11-8-12-21(13-20)28(26,27)16-19-9-6-5-7-10-19/h5-13,17-18H,4,14-16H2,1-3H3/t17-,18+/m1/s1. The molecule has 1 aliphatic heterocycles. The van der Waals surface area contributed by atoms with Crippen molar-refractivity contribution in [2.45, 2.75) is 43.5 Å². The van der Waals surface area contributed by atoms with Crippen molar-refractivity contribution in [3.05, 3.63) is 65.7 Å². The van der Waals surface area contributed by atoms with Gasteiger partial charge in [-0.15, -0.1) is 0 Å². The Labute approximate surface area is 167 Å². The third-order valence-corrected chi connectivity index (χ3v) is 7.11. The highest BCUT2D eigenvalue weighted by Crippen LogP contribution is 2.21. The molecule has 6 heteroatoms. The molecule has 28 heavy (non-hydrogen) atoms. The Bertz CT molecular complexity index is 928. The summed E-state index contributed by atoms with van der Waals surface area (Å²) in [6, 6.07) is 15.9. The molecule has 5 nitrogen and oxygen atoms in total. The second-order valence-electron chi connectivity index (χ2n) is 7.52. The zero-order chi connectivity index (χ0) is 20.3. The van der Waals surface area contributed by atoms with Gasteiger partial charge in [0.05, 0.1) is 10.6 Å². The smallest absolute Gasteiger partial charge is 0.254 e. The van der Waals surface area contributed by atoms with E-state index in [1.165, 1.54) is 6.07 Å². The lowest BCUT2D eigenvalue weighted by Gasteiger charge is -2.43. The molecule has 1 aliphatic rings. The second kappa shape index (κ2) is 8.45. The number of piperazine rings is 1. The van der Waals surface area contributed by atoms with Crippen molar-refractivity contribution in [3.8, 4) is 0 Å². The summed E-state index contributed by atoms with van der Waals surface area (Å²) in [5.41, 5.74) is 1.16. The largest absolute Gasteiger partial charge is 0.333 e. The molecule has 1 heterocycles. The SMILES string of the molecule is CCN1C[C@H](C)N(C(=O)c2cccc(S(=O)(=O)Cc3ccccc3)c2)C[C@H]1C. The molecular weight excluding hydrogens is 372 g/mol. The van der Waals surface area contributed by atoms with Gasteiger partial charge in [-0.2, -0.15) is 0 Å². The number of nitrogens with zero attached hydrogens (tertiary/aromatic N) is 2. The minimum atomic E-state index is -3.52. The maximum Gasteiger partial charge on any atom is 0.254 e. The minimum absolute atomic E-state index is 0.0753. The predicted molar refractivity (Wildman–Crippen MR) is 111 cm³/mol. The third kappa shape index (κ3) is 4.45. The molecule has 2 aromatic rings. The third-order valence-electron chi connectivity index (χ3n) is 5.42. The van der Waals surface area contributed by atoms with Gasteiger partial charge in [0.25, 0.3) is 5.91 Å². The second-order valence-corrected chi connectivity index (χ2v) is 9.51. The average Bonchev–Trinajstić information content (AvgIpc) is 2.69. The van der Waals surface area contributed by atoms with Crippen molar-refractivity contribution < 1.29 is 13.2 Å². The zero-order valence-corrected chi connectivity index (χ0v) is 17.5. The van der Waals surface area contributed by atoms with Crippen molar-refractivity contribution in [1.82, 2.24) is 9.80 Å². The fraction of sp³-hybridized carbons (Fsp3) is 0.409. The topological polar surface area (TPSA) is 57.7 Å². The van der Waals surface area contributed by atoms with Crippen LogP contribution in [0.2, 0.25) is 0 Å². The number of rotatable bonds is 5. The van der Waals surface area contributed by atoms with Gasteiger partial charge in [0.2, 0.25) is 0 Å². The van der Waals surface area contributed by atoms with E-state index >= 15 is 0 Å². The highest BCUT2D eigenvalue weighted by atomic mass is 32.2. The molecule has 1 saturated heterocycles. The Hall–Kier alpha value is -2.18. The van der Waals surface area contributed by atoms with Crippen LogP contribution in [0.3, 0.4) is 0 Å². The van der Waals surface area contributed by atoms with Crippen LogP contribution in [0, 0.1) is 0 Å². The summed E-state index contributed by atoms with van der Waals surface area (Å²) in [5, 5.41) is 0. The quantitative estimate of drug-likeness (QED) is 0.773. The first-order valence-corrected chi connectivity index (χ1v) is 11.4. The maximum absolute atomic E-state index is 13.1. The molecule has 2 atom stereocenters. The number of hydrogen-bond donors (Lipinski definition) is 0. The van der Waals surface area contributed by atoms with Crippen LogP contribution in [0.1, 0.15) is 36.7 Å². The van der Waals surface area contributed by atoms with Gasteiger partial charge in [0.1, 0.15) is 0 Å². The number of amides is 1. The van der Waals surface area contributed by atoms with Gasteiger partial charge in [-0.1, -0.05) is 43.3 Å². The number of carbonyl (C=O) groups is 1. The summed E-state index contributed by atoms with van der Waals surface area (Å²) in [6.45, 7) is 8.73. The van der Waals surface area contributed by atoms with Gasteiger partial charge >= 0.3 is 0 Å². The average molecular weight is 401 g/mol. The van der Waals surface area contributed by atoms with Gasteiger partial charge in [-0.25, -0.2) is 8.42 Å². The van der Waals surface area contributed by atoms with E-state index in [4.69, 9.17) is 0 Å². The lowest BCUT2D eigenvalue weighted by atomic mass is 10.1. The van der Waals surface area contributed by atoms with E-state index in [2.05, 4.69) is 18.7 Å². The maximum atomic E-state index is 13.1. The molecule has 150 valence electrons. The first-order chi connectivity index (χ1) is 13.3. The molecule has 0 bridgehead atoms. The Morgan fingerprint density at radius 1 is 1.00 bits per heavy atom. The van der Waals surface area contributed by atoms with Gasteiger partial charge in [0, 0.05) is 30.7 Å². The number of hydrogen-bond acceptors (Lipinski definition) is 4. The molecule has 1 fully saturated rings. The lowest BCUT2D eigenvalue weighted by Crippen LogP contribution is -2.57. The molecule has 0 spiro atoms. The number of sulfone groups is 1. The van der Waals surface area contributed by atoms with E-state index in [-0.39, 0.29) is 28.6 Å². The molecule has 0 aromatic heterocycles. The number of carbonyl (C=O) groups excluding carboxylic acids is 1. The fourth-order valence-electron chi connectivity index (χ4n) is 3.79. The Kier molecular flexibility index (Phi) is 6.20. The van der Waals surface area contributed by atoms with E-state index in [0.29, 0.717) is 12.1 Å². The molecule has 0 radical (unpaired) electrons. The van der Waals surface area contributed by atoms with Gasteiger partial charge < -0.3 is 4.90 Å². The van der Waals surface area contributed by atoms with E-state index in [1.807, 2.05) is 30.0 Å². The van der Waals surface area contributed by atoms with Crippen LogP contribution in [0.15, 0.2) is 59.5 Å². The van der Waals surface area contributed by atoms with Crippen LogP contribution in [0.4, 0.5) is 0 Å². The van der Waals surface area contributed by atoms with Crippen LogP contribution in [0.5, 0.6) is 0 Å². The van der Waals surface area contributed by atoms with Crippen LogP contribution in [-0.2, 0) is 15.6 Å². The molecule has 2 aromatic carbocycles. The van der Waals surface area contributed by atoms with E-state index in [9.17, 15) is 13.2 Å². The van der Waals surface area contributed by atoms with Crippen LogP contribution >= 0.6 is 0 Å². The normalized spacial score (nSPS) is 20.9. The van der Waals surface area contributed by atoms with Crippen molar-refractivity contribution in [1.29, 1.82) is 0 Å². The van der Waals surface area contributed by atoms with Gasteiger partial charge in [0.15, 0.2) is 9.84 Å². The Balaban J connectivity index is 1.82. The molecule has 0 aliphatic carbocycles. The first-order valence-electron chi connectivity index (χ1n) is 9.73. The fourth-order valence-corrected chi connectivity index (χ4v) is 5.18. The Morgan fingerprint density at radius 2 is 1.71 bits per heavy atom. The summed E-state index contributed by atoms with van der Waals surface area (Å²) in [7, 11) is -3.52. The van der Waals surface area contributed by atoms with E-state index in [0.717, 1.165) is 18.7 Å². The van der Waals surface area contributed by atoms with Crippen LogP contribution in [-0.4, -0.2) is 55.8 Å². The Morgan fingerprint density at radius 3 is 2.39 bits per heavy atom. The minimum Gasteiger partial charge on any atom is -0.333 e. The van der Waals surface area contributed by atoms with Crippen molar-refractivity contribution in [3.63, 3.8) is 0 Å². The predicted octanol–water partition coefficient (Wildman–Crippen LogP) is 3.22. The monoisotopic (exact) mass is 400 g/mol. The summed E-state index contributed by atoms with van der Waals surface area (Å²) in [5.74, 6) is -0.180. The summed E-state index contributed by atoms with van der Waals surface area (Å²) in [6.07, 6.45) is 0. The van der Waals surface area contributed by atoms with E-state index in [1.54, 1.807) is 30.3 Å². The molecule has 0 unspecified atom stereocenters. The molecular formula is C22H28N2O3S. The zero-order valence-electron chi connectivity index (χ0n) is 16.7. The first kappa shape index (κ1) is 20.6. The lowest BCUT2D eigenvalue weighted by molar-refractivity contribution is 0.0335. The highest BCUT2D eigenvalue weighted by Gasteiger charge is 2.32. The summed E-state index contributed by atoms with van der Waals surface area (Å²) < 4.78 is 25.6. The van der Waals surface area contributed by atoms with Crippen molar-refractivity contribution >= 4 is 15.7 Å². The van der Waals surface area contributed by atoms with Gasteiger partial charge in [-0.05, 0) is 44.2 Å². The molecule has 0 N–H and O–H groups in total. The van der Waals surface area contributed by atoms with Crippen molar-refractivity contribution in [2.75, 3.05) is 19.6 Å². The van der Waals surface area contributed by atoms with Crippen LogP contribution in [0.25, 0.3) is 0 Å². The highest BCUT2D eigenvalue weighted by molar-refractivity contribution is 7.90. The summed E-state index contributed by atoms with van der Waals surface area (Å²) >= 11 is 0. The van der Waals surface area contributed by atoms with Crippen LogP contribution < -0.4 is 0 Å². The number of likely N-dealkylation sites (N-methyl/N-ethyl adjacent to an activating group) is 1. The van der Waals surface area contributed by atoms with Crippen molar-refractivity contribution in [2.24, 2.45) is 0 Å². The summed E-state index contributed by atoms with van der Waals surface area (Å²) in [4.78, 5) is 17.5.